The number of aliphatic carboxylic acids is 1. The number of hydrogen-bond acceptors (Lipinski definition) is 4. The number of rotatable bonds is 3. The van der Waals surface area contributed by atoms with Gasteiger partial charge in [-0.3, -0.25) is 19.5 Å². The van der Waals surface area contributed by atoms with Crippen LogP contribution in [-0.2, 0) is 4.79 Å². The van der Waals surface area contributed by atoms with Crippen molar-refractivity contribution in [3.8, 4) is 0 Å². The Morgan fingerprint density at radius 3 is 2.55 bits per heavy atom. The van der Waals surface area contributed by atoms with Crippen LogP contribution in [0.4, 0.5) is 0 Å². The third-order valence-corrected chi connectivity index (χ3v) is 3.68. The summed E-state index contributed by atoms with van der Waals surface area (Å²) in [7, 11) is 0. The van der Waals surface area contributed by atoms with Crippen molar-refractivity contribution in [3.63, 3.8) is 0 Å². The van der Waals surface area contributed by atoms with Crippen LogP contribution in [0, 0.1) is 0 Å². The second kappa shape index (κ2) is 6.19. The predicted molar refractivity (Wildman–Crippen MR) is 73.8 cm³/mol. The molecule has 1 aromatic heterocycles. The van der Waals surface area contributed by atoms with Gasteiger partial charge in [0, 0.05) is 37.4 Å². The van der Waals surface area contributed by atoms with Crippen molar-refractivity contribution >= 4 is 23.5 Å². The van der Waals surface area contributed by atoms with E-state index in [9.17, 15) is 9.59 Å². The van der Waals surface area contributed by atoms with Crippen LogP contribution in [0.5, 0.6) is 0 Å². The highest BCUT2D eigenvalue weighted by Gasteiger charge is 2.27. The Hall–Kier alpha value is -1.66. The normalized spacial score (nSPS) is 17.8. The number of carbonyl (C=O) groups excluding carboxylic acids is 1. The maximum atomic E-state index is 12.2. The van der Waals surface area contributed by atoms with Crippen LogP contribution in [0.2, 0.25) is 5.02 Å². The van der Waals surface area contributed by atoms with Gasteiger partial charge in [-0.05, 0) is 19.1 Å². The average Bonchev–Trinajstić information content (AvgIpc) is 2.46. The van der Waals surface area contributed by atoms with Crippen LogP contribution in [0.15, 0.2) is 18.3 Å². The molecule has 1 aliphatic heterocycles. The number of aromatic nitrogens is 1. The summed E-state index contributed by atoms with van der Waals surface area (Å²) in [4.78, 5) is 30.7. The SMILES string of the molecule is CC(C(=O)O)N1CCN(C(=O)c2cc(Cl)ccn2)CC1. The average molecular weight is 298 g/mol. The van der Waals surface area contributed by atoms with Gasteiger partial charge in [-0.1, -0.05) is 11.6 Å². The largest absolute Gasteiger partial charge is 0.480 e. The first-order chi connectivity index (χ1) is 9.49. The quantitative estimate of drug-likeness (QED) is 0.900. The minimum atomic E-state index is -0.846. The molecule has 1 aliphatic rings. The fourth-order valence-corrected chi connectivity index (χ4v) is 2.31. The summed E-state index contributed by atoms with van der Waals surface area (Å²) < 4.78 is 0. The van der Waals surface area contributed by atoms with Gasteiger partial charge in [0.1, 0.15) is 11.7 Å². The van der Waals surface area contributed by atoms with Crippen LogP contribution < -0.4 is 0 Å². The number of halogens is 1. The summed E-state index contributed by atoms with van der Waals surface area (Å²) in [5.41, 5.74) is 0.317. The van der Waals surface area contributed by atoms with Gasteiger partial charge < -0.3 is 10.0 Å². The summed E-state index contributed by atoms with van der Waals surface area (Å²) in [6, 6.07) is 2.62. The highest BCUT2D eigenvalue weighted by Crippen LogP contribution is 2.13. The molecule has 20 heavy (non-hydrogen) atoms. The van der Waals surface area contributed by atoms with Gasteiger partial charge in [-0.15, -0.1) is 0 Å². The topological polar surface area (TPSA) is 73.7 Å². The summed E-state index contributed by atoms with van der Waals surface area (Å²) in [5, 5.41) is 9.44. The van der Waals surface area contributed by atoms with Gasteiger partial charge >= 0.3 is 5.97 Å². The fraction of sp³-hybridized carbons (Fsp3) is 0.462. The summed E-state index contributed by atoms with van der Waals surface area (Å²) in [6.45, 7) is 3.72. The molecule has 1 fully saturated rings. The minimum Gasteiger partial charge on any atom is -0.480 e. The Labute approximate surface area is 122 Å². The Kier molecular flexibility index (Phi) is 4.57. The van der Waals surface area contributed by atoms with Gasteiger partial charge in [0.2, 0.25) is 0 Å². The van der Waals surface area contributed by atoms with E-state index in [-0.39, 0.29) is 5.91 Å². The lowest BCUT2D eigenvalue weighted by atomic mass is 10.2. The van der Waals surface area contributed by atoms with Crippen molar-refractivity contribution in [3.05, 3.63) is 29.0 Å². The lowest BCUT2D eigenvalue weighted by Crippen LogP contribution is -2.53. The molecule has 0 aliphatic carbocycles. The number of piperazine rings is 1. The van der Waals surface area contributed by atoms with Gasteiger partial charge in [-0.25, -0.2) is 0 Å². The molecule has 0 bridgehead atoms. The van der Waals surface area contributed by atoms with Crippen molar-refractivity contribution in [2.45, 2.75) is 13.0 Å². The molecule has 1 N–H and O–H groups in total. The first kappa shape index (κ1) is 14.7. The van der Waals surface area contributed by atoms with E-state index in [2.05, 4.69) is 4.98 Å². The van der Waals surface area contributed by atoms with Crippen molar-refractivity contribution in [2.75, 3.05) is 26.2 Å². The minimum absolute atomic E-state index is 0.171. The van der Waals surface area contributed by atoms with Crippen molar-refractivity contribution in [1.29, 1.82) is 0 Å². The second-order valence-corrected chi connectivity index (χ2v) is 5.14. The van der Waals surface area contributed by atoms with E-state index in [0.717, 1.165) is 0 Å². The first-order valence-corrected chi connectivity index (χ1v) is 6.74. The van der Waals surface area contributed by atoms with Crippen molar-refractivity contribution < 1.29 is 14.7 Å². The van der Waals surface area contributed by atoms with Crippen molar-refractivity contribution in [1.82, 2.24) is 14.8 Å². The van der Waals surface area contributed by atoms with Crippen LogP contribution >= 0.6 is 11.6 Å². The van der Waals surface area contributed by atoms with E-state index in [1.807, 2.05) is 4.90 Å². The molecule has 2 heterocycles. The Bertz CT molecular complexity index is 515. The van der Waals surface area contributed by atoms with E-state index < -0.39 is 12.0 Å². The number of carboxylic acid groups (broad SMARTS) is 1. The van der Waals surface area contributed by atoms with E-state index in [0.29, 0.717) is 36.9 Å². The zero-order valence-corrected chi connectivity index (χ0v) is 11.9. The van der Waals surface area contributed by atoms with Crippen molar-refractivity contribution in [2.24, 2.45) is 0 Å². The maximum Gasteiger partial charge on any atom is 0.320 e. The highest BCUT2D eigenvalue weighted by molar-refractivity contribution is 6.30. The molecular formula is C13H16ClN3O3. The molecule has 6 nitrogen and oxygen atoms in total. The lowest BCUT2D eigenvalue weighted by Gasteiger charge is -2.36. The standard InChI is InChI=1S/C13H16ClN3O3/c1-9(13(19)20)16-4-6-17(7-5-16)12(18)11-8-10(14)2-3-15-11/h2-3,8-9H,4-7H2,1H3,(H,19,20). The Morgan fingerprint density at radius 2 is 2.00 bits per heavy atom. The fourth-order valence-electron chi connectivity index (χ4n) is 2.15. The van der Waals surface area contributed by atoms with Gasteiger partial charge in [0.25, 0.3) is 5.91 Å². The van der Waals surface area contributed by atoms with Gasteiger partial charge in [0.15, 0.2) is 0 Å². The molecule has 0 radical (unpaired) electrons. The van der Waals surface area contributed by atoms with Crippen LogP contribution in [-0.4, -0.2) is 64.0 Å². The van der Waals surface area contributed by atoms with Crippen LogP contribution in [0.1, 0.15) is 17.4 Å². The molecule has 1 amide bonds. The molecule has 1 unspecified atom stereocenters. The van der Waals surface area contributed by atoms with Gasteiger partial charge in [0.05, 0.1) is 0 Å². The molecule has 7 heteroatoms. The highest BCUT2D eigenvalue weighted by atomic mass is 35.5. The first-order valence-electron chi connectivity index (χ1n) is 6.36. The summed E-state index contributed by atoms with van der Waals surface area (Å²) in [6.07, 6.45) is 1.50. The molecule has 0 spiro atoms. The van der Waals surface area contributed by atoms with E-state index in [4.69, 9.17) is 16.7 Å². The molecule has 2 rings (SSSR count). The molecule has 1 atom stereocenters. The molecule has 1 aromatic rings. The number of amides is 1. The number of carbonyl (C=O) groups is 2. The van der Waals surface area contributed by atoms with E-state index >= 15 is 0 Å². The molecule has 108 valence electrons. The number of carboxylic acids is 1. The maximum absolute atomic E-state index is 12.2. The predicted octanol–water partition coefficient (Wildman–Crippen LogP) is 0.966. The monoisotopic (exact) mass is 297 g/mol. The zero-order chi connectivity index (χ0) is 14.7. The van der Waals surface area contributed by atoms with E-state index in [1.54, 1.807) is 17.9 Å². The van der Waals surface area contributed by atoms with Gasteiger partial charge in [-0.2, -0.15) is 0 Å². The lowest BCUT2D eigenvalue weighted by molar-refractivity contribution is -0.143. The zero-order valence-electron chi connectivity index (χ0n) is 11.1. The third kappa shape index (κ3) is 3.26. The number of hydrogen-bond donors (Lipinski definition) is 1. The smallest absolute Gasteiger partial charge is 0.320 e. The molecule has 0 aromatic carbocycles. The third-order valence-electron chi connectivity index (χ3n) is 3.45. The Morgan fingerprint density at radius 1 is 1.35 bits per heavy atom. The molecular weight excluding hydrogens is 282 g/mol. The molecule has 0 saturated carbocycles. The van der Waals surface area contributed by atoms with Crippen LogP contribution in [0.25, 0.3) is 0 Å². The van der Waals surface area contributed by atoms with Crippen LogP contribution in [0.3, 0.4) is 0 Å². The Balaban J connectivity index is 1.97. The number of nitrogens with zero attached hydrogens (tertiary/aromatic N) is 3. The van der Waals surface area contributed by atoms with E-state index in [1.165, 1.54) is 12.3 Å². The second-order valence-electron chi connectivity index (χ2n) is 4.70. The number of pyridine rings is 1. The summed E-state index contributed by atoms with van der Waals surface area (Å²) in [5.74, 6) is -1.02. The molecule has 1 saturated heterocycles. The summed E-state index contributed by atoms with van der Waals surface area (Å²) >= 11 is 5.84.